The highest BCUT2D eigenvalue weighted by atomic mass is 79.9. The zero-order valence-electron chi connectivity index (χ0n) is 10.3. The minimum atomic E-state index is -0.405. The van der Waals surface area contributed by atoms with E-state index in [0.717, 1.165) is 0 Å². The molecule has 100 valence electrons. The van der Waals surface area contributed by atoms with Gasteiger partial charge in [0.1, 0.15) is 5.84 Å². The van der Waals surface area contributed by atoms with Crippen LogP contribution in [0, 0.1) is 5.82 Å². The van der Waals surface area contributed by atoms with Crippen molar-refractivity contribution in [3.8, 4) is 0 Å². The number of nitrogens with two attached hydrogens (primary N) is 1. The lowest BCUT2D eigenvalue weighted by atomic mass is 10.2. The highest BCUT2D eigenvalue weighted by molar-refractivity contribution is 9.10. The molecule has 1 aromatic rings. The molecule has 5 nitrogen and oxygen atoms in total. The summed E-state index contributed by atoms with van der Waals surface area (Å²) in [6.45, 7) is 4.28. The summed E-state index contributed by atoms with van der Waals surface area (Å²) >= 11 is 3.16. The molecule has 0 bridgehead atoms. The van der Waals surface area contributed by atoms with Crippen LogP contribution in [0.2, 0.25) is 0 Å². The topological polar surface area (TPSA) is 74.7 Å². The normalized spacial score (nSPS) is 11.9. The lowest BCUT2D eigenvalue weighted by Gasteiger charge is -2.28. The molecular weight excluding hydrogens is 303 g/mol. The SMILES string of the molecule is CC(C)N(CCC(N)=NO)c1ncc(Br)cc1F. The summed E-state index contributed by atoms with van der Waals surface area (Å²) in [5, 5.41) is 11.4. The predicted molar refractivity (Wildman–Crippen MR) is 72.4 cm³/mol. The third-order valence-corrected chi connectivity index (χ3v) is 2.85. The second kappa shape index (κ2) is 6.53. The van der Waals surface area contributed by atoms with Crippen molar-refractivity contribution >= 4 is 27.6 Å². The van der Waals surface area contributed by atoms with Crippen molar-refractivity contribution in [3.63, 3.8) is 0 Å². The van der Waals surface area contributed by atoms with Crippen LogP contribution in [0.15, 0.2) is 21.9 Å². The molecule has 1 rings (SSSR count). The lowest BCUT2D eigenvalue weighted by Crippen LogP contribution is -2.35. The maximum atomic E-state index is 13.8. The largest absolute Gasteiger partial charge is 0.409 e. The predicted octanol–water partition coefficient (Wildman–Crippen LogP) is 2.33. The van der Waals surface area contributed by atoms with Crippen LogP contribution < -0.4 is 10.6 Å². The zero-order chi connectivity index (χ0) is 13.7. The van der Waals surface area contributed by atoms with Crippen LogP contribution in [-0.2, 0) is 0 Å². The van der Waals surface area contributed by atoms with Gasteiger partial charge in [-0.2, -0.15) is 0 Å². The zero-order valence-corrected chi connectivity index (χ0v) is 11.9. The molecule has 0 unspecified atom stereocenters. The van der Waals surface area contributed by atoms with E-state index in [1.54, 1.807) is 4.90 Å². The second-order valence-corrected chi connectivity index (χ2v) is 5.00. The molecule has 0 saturated carbocycles. The third kappa shape index (κ3) is 3.83. The van der Waals surface area contributed by atoms with E-state index in [1.165, 1.54) is 12.3 Å². The number of hydrogen-bond acceptors (Lipinski definition) is 4. The maximum absolute atomic E-state index is 13.8. The van der Waals surface area contributed by atoms with Crippen LogP contribution in [0.25, 0.3) is 0 Å². The minimum absolute atomic E-state index is 0.0552. The molecule has 0 radical (unpaired) electrons. The summed E-state index contributed by atoms with van der Waals surface area (Å²) in [4.78, 5) is 5.83. The number of amidine groups is 1. The van der Waals surface area contributed by atoms with Crippen LogP contribution in [0.3, 0.4) is 0 Å². The molecule has 0 aliphatic heterocycles. The molecule has 0 aromatic carbocycles. The van der Waals surface area contributed by atoms with E-state index in [4.69, 9.17) is 10.9 Å². The Kier molecular flexibility index (Phi) is 5.33. The molecule has 0 saturated heterocycles. The Labute approximate surface area is 114 Å². The molecule has 0 atom stereocenters. The van der Waals surface area contributed by atoms with E-state index >= 15 is 0 Å². The number of aromatic nitrogens is 1. The second-order valence-electron chi connectivity index (χ2n) is 4.09. The number of nitrogens with zero attached hydrogens (tertiary/aromatic N) is 3. The monoisotopic (exact) mass is 318 g/mol. The summed E-state index contributed by atoms with van der Waals surface area (Å²) in [5.74, 6) is -0.0327. The Hall–Kier alpha value is -1.37. The minimum Gasteiger partial charge on any atom is -0.409 e. The van der Waals surface area contributed by atoms with Gasteiger partial charge in [0.05, 0.1) is 0 Å². The molecule has 1 heterocycles. The standard InChI is InChI=1S/C11H16BrFN4O/c1-7(2)17(4-3-10(14)16-18)11-9(13)5-8(12)6-15-11/h5-7,18H,3-4H2,1-2H3,(H2,14,16). The van der Waals surface area contributed by atoms with Gasteiger partial charge in [0, 0.05) is 29.7 Å². The number of oxime groups is 1. The lowest BCUT2D eigenvalue weighted by molar-refractivity contribution is 0.317. The van der Waals surface area contributed by atoms with Crippen molar-refractivity contribution in [1.82, 2.24) is 4.98 Å². The first kappa shape index (κ1) is 14.7. The summed E-state index contributed by atoms with van der Waals surface area (Å²) in [7, 11) is 0. The third-order valence-electron chi connectivity index (χ3n) is 2.42. The van der Waals surface area contributed by atoms with Crippen molar-refractivity contribution in [3.05, 3.63) is 22.6 Å². The van der Waals surface area contributed by atoms with E-state index in [0.29, 0.717) is 17.4 Å². The Balaban J connectivity index is 2.91. The van der Waals surface area contributed by atoms with Gasteiger partial charge >= 0.3 is 0 Å². The summed E-state index contributed by atoms with van der Waals surface area (Å²) < 4.78 is 14.4. The molecule has 0 spiro atoms. The number of hydrogen-bond donors (Lipinski definition) is 2. The highest BCUT2D eigenvalue weighted by Crippen LogP contribution is 2.21. The van der Waals surface area contributed by atoms with Gasteiger partial charge in [-0.15, -0.1) is 0 Å². The fourth-order valence-corrected chi connectivity index (χ4v) is 1.82. The number of halogens is 2. The van der Waals surface area contributed by atoms with Crippen LogP contribution >= 0.6 is 15.9 Å². The van der Waals surface area contributed by atoms with Gasteiger partial charge < -0.3 is 15.8 Å². The van der Waals surface area contributed by atoms with Crippen molar-refractivity contribution in [1.29, 1.82) is 0 Å². The molecule has 3 N–H and O–H groups in total. The molecular formula is C11H16BrFN4O. The van der Waals surface area contributed by atoms with Crippen LogP contribution in [0.4, 0.5) is 10.2 Å². The van der Waals surface area contributed by atoms with E-state index in [1.807, 2.05) is 13.8 Å². The van der Waals surface area contributed by atoms with Crippen molar-refractivity contribution in [2.75, 3.05) is 11.4 Å². The molecule has 0 aliphatic rings. The van der Waals surface area contributed by atoms with E-state index in [-0.39, 0.29) is 17.7 Å². The van der Waals surface area contributed by atoms with Gasteiger partial charge in [0.25, 0.3) is 0 Å². The Morgan fingerprint density at radius 1 is 1.67 bits per heavy atom. The fourth-order valence-electron chi connectivity index (χ4n) is 1.51. The first-order valence-electron chi connectivity index (χ1n) is 5.49. The quantitative estimate of drug-likeness (QED) is 0.378. The van der Waals surface area contributed by atoms with Gasteiger partial charge in [-0.05, 0) is 35.8 Å². The summed E-state index contributed by atoms with van der Waals surface area (Å²) in [5.41, 5.74) is 5.41. The van der Waals surface area contributed by atoms with E-state index in [9.17, 15) is 4.39 Å². The Bertz CT molecular complexity index is 439. The molecule has 1 aromatic heterocycles. The van der Waals surface area contributed by atoms with Crippen molar-refractivity contribution < 1.29 is 9.60 Å². The van der Waals surface area contributed by atoms with E-state index in [2.05, 4.69) is 26.1 Å². The van der Waals surface area contributed by atoms with Crippen LogP contribution in [0.1, 0.15) is 20.3 Å². The van der Waals surface area contributed by atoms with E-state index < -0.39 is 5.82 Å². The Morgan fingerprint density at radius 3 is 2.83 bits per heavy atom. The molecule has 7 heteroatoms. The molecule has 18 heavy (non-hydrogen) atoms. The summed E-state index contributed by atoms with van der Waals surface area (Å²) in [6.07, 6.45) is 1.88. The average molecular weight is 319 g/mol. The molecule has 0 fully saturated rings. The van der Waals surface area contributed by atoms with Crippen LogP contribution in [0.5, 0.6) is 0 Å². The smallest absolute Gasteiger partial charge is 0.166 e. The van der Waals surface area contributed by atoms with Gasteiger partial charge in [-0.3, -0.25) is 0 Å². The van der Waals surface area contributed by atoms with Gasteiger partial charge in [0.15, 0.2) is 11.6 Å². The van der Waals surface area contributed by atoms with Gasteiger partial charge in [-0.25, -0.2) is 9.37 Å². The maximum Gasteiger partial charge on any atom is 0.166 e. The summed E-state index contributed by atoms with van der Waals surface area (Å²) in [6, 6.07) is 1.42. The average Bonchev–Trinajstić information content (AvgIpc) is 2.31. The van der Waals surface area contributed by atoms with Crippen molar-refractivity contribution in [2.24, 2.45) is 10.9 Å². The van der Waals surface area contributed by atoms with Crippen LogP contribution in [-0.4, -0.2) is 28.6 Å². The Morgan fingerprint density at radius 2 is 2.33 bits per heavy atom. The first-order chi connectivity index (χ1) is 8.45. The van der Waals surface area contributed by atoms with Gasteiger partial charge in [0.2, 0.25) is 0 Å². The number of pyridine rings is 1. The molecule has 0 amide bonds. The van der Waals surface area contributed by atoms with Gasteiger partial charge in [-0.1, -0.05) is 5.16 Å². The molecule has 0 aliphatic carbocycles. The number of rotatable bonds is 5. The number of anilines is 1. The highest BCUT2D eigenvalue weighted by Gasteiger charge is 2.17. The fraction of sp³-hybridized carbons (Fsp3) is 0.455. The first-order valence-corrected chi connectivity index (χ1v) is 6.29. The van der Waals surface area contributed by atoms with Crippen molar-refractivity contribution in [2.45, 2.75) is 26.3 Å².